The highest BCUT2D eigenvalue weighted by Crippen LogP contribution is 2.55. The molecular weight excluding hydrogens is 769 g/mol. The zero-order valence-electron chi connectivity index (χ0n) is 40.0. The molecule has 0 amide bonds. The van der Waals surface area contributed by atoms with Gasteiger partial charge in [-0.2, -0.15) is 0 Å². The van der Waals surface area contributed by atoms with Gasteiger partial charge in [-0.05, 0) is 165 Å². The maximum Gasteiger partial charge on any atom is 0.216 e. The summed E-state index contributed by atoms with van der Waals surface area (Å²) in [6, 6.07) is 34.9. The Kier molecular flexibility index (Phi) is 10.5. The fourth-order valence-corrected chi connectivity index (χ4v) is 11.0. The van der Waals surface area contributed by atoms with Gasteiger partial charge in [-0.1, -0.05) is 108 Å². The molecule has 9 rings (SSSR count). The lowest BCUT2D eigenvalue weighted by atomic mass is 9.72. The molecule has 63 heavy (non-hydrogen) atoms. The summed E-state index contributed by atoms with van der Waals surface area (Å²) in [6.45, 7) is 30.2. The molecule has 4 heterocycles. The zero-order chi connectivity index (χ0) is 44.7. The number of benzene rings is 5. The van der Waals surface area contributed by atoms with E-state index in [2.05, 4.69) is 190 Å². The van der Waals surface area contributed by atoms with Gasteiger partial charge in [0.15, 0.2) is 0 Å². The summed E-state index contributed by atoms with van der Waals surface area (Å²) in [5.41, 5.74) is 18.8. The number of anilines is 3. The van der Waals surface area contributed by atoms with Crippen molar-refractivity contribution in [1.82, 2.24) is 9.55 Å². The third-order valence-corrected chi connectivity index (χ3v) is 14.3. The number of ether oxygens (including phenoxy) is 1. The highest BCUT2D eigenvalue weighted by molar-refractivity contribution is 6.12. The highest BCUT2D eigenvalue weighted by atomic mass is 16.5. The summed E-state index contributed by atoms with van der Waals surface area (Å²) in [5, 5.41) is 2.48. The van der Waals surface area contributed by atoms with E-state index in [9.17, 15) is 0 Å². The topological polar surface area (TPSA) is 42.6 Å². The molecule has 5 nitrogen and oxygen atoms in total. The van der Waals surface area contributed by atoms with Crippen LogP contribution in [0.25, 0.3) is 38.8 Å². The van der Waals surface area contributed by atoms with Crippen molar-refractivity contribution in [3.05, 3.63) is 147 Å². The lowest BCUT2D eigenvalue weighted by molar-refractivity contribution is 0.188. The minimum absolute atomic E-state index is 0.0244. The first-order chi connectivity index (χ1) is 29.9. The van der Waals surface area contributed by atoms with E-state index in [0.29, 0.717) is 12.5 Å². The highest BCUT2D eigenvalue weighted by Gasteiger charge is 2.41. The lowest BCUT2D eigenvalue weighted by Crippen LogP contribution is -2.34. The summed E-state index contributed by atoms with van der Waals surface area (Å²) in [4.78, 5) is 13.1. The number of hydrogen-bond donors (Lipinski definition) is 0. The fraction of sp³-hybridized carbons (Fsp3) is 0.379. The minimum Gasteiger partial charge on any atom is -0.475 e. The van der Waals surface area contributed by atoms with Crippen LogP contribution in [0.3, 0.4) is 0 Å². The summed E-state index contributed by atoms with van der Waals surface area (Å²) in [5.74, 6) is 2.15. The molecule has 0 unspecified atom stereocenters. The Balaban J connectivity index is 1.35. The maximum absolute atomic E-state index is 6.75. The lowest BCUT2D eigenvalue weighted by Gasteiger charge is -2.42. The van der Waals surface area contributed by atoms with E-state index >= 15 is 0 Å². The van der Waals surface area contributed by atoms with Crippen molar-refractivity contribution in [3.8, 4) is 16.9 Å². The van der Waals surface area contributed by atoms with Gasteiger partial charge in [-0.3, -0.25) is 4.57 Å². The van der Waals surface area contributed by atoms with Crippen LogP contribution in [0.1, 0.15) is 131 Å². The second-order valence-electron chi connectivity index (χ2n) is 20.8. The van der Waals surface area contributed by atoms with Crippen LogP contribution in [0.5, 0.6) is 0 Å². The normalized spacial score (nSPS) is 17.0. The molecule has 0 fully saturated rings. The Morgan fingerprint density at radius 3 is 2.02 bits per heavy atom. The molecule has 2 aliphatic heterocycles. The quantitative estimate of drug-likeness (QED) is 0.145. The van der Waals surface area contributed by atoms with E-state index in [0.717, 1.165) is 59.7 Å². The maximum atomic E-state index is 6.75. The molecule has 324 valence electrons. The molecule has 0 saturated heterocycles. The number of aryl methyl sites for hydroxylation is 5. The van der Waals surface area contributed by atoms with Crippen LogP contribution in [0, 0.1) is 40.5 Å². The molecule has 0 aliphatic carbocycles. The Bertz CT molecular complexity index is 2950. The zero-order valence-corrected chi connectivity index (χ0v) is 40.0. The molecule has 2 aliphatic rings. The van der Waals surface area contributed by atoms with Crippen molar-refractivity contribution in [3.63, 3.8) is 0 Å². The fourth-order valence-electron chi connectivity index (χ4n) is 11.0. The van der Waals surface area contributed by atoms with Crippen molar-refractivity contribution in [2.45, 2.75) is 132 Å². The van der Waals surface area contributed by atoms with Crippen molar-refractivity contribution < 1.29 is 4.74 Å². The largest absolute Gasteiger partial charge is 0.475 e. The minimum atomic E-state index is -0.289. The first-order valence-electron chi connectivity index (χ1n) is 23.4. The number of aromatic nitrogens is 2. The van der Waals surface area contributed by atoms with E-state index in [1.54, 1.807) is 0 Å². The van der Waals surface area contributed by atoms with Crippen LogP contribution in [0.2, 0.25) is 0 Å². The average Bonchev–Trinajstić information content (AvgIpc) is 3.78. The van der Waals surface area contributed by atoms with Gasteiger partial charge in [0, 0.05) is 33.6 Å². The van der Waals surface area contributed by atoms with Crippen LogP contribution in [-0.4, -0.2) is 27.6 Å². The second-order valence-corrected chi connectivity index (χ2v) is 20.8. The molecule has 0 radical (unpaired) electrons. The van der Waals surface area contributed by atoms with Gasteiger partial charge in [0.25, 0.3) is 0 Å². The van der Waals surface area contributed by atoms with Gasteiger partial charge in [-0.15, -0.1) is 0 Å². The number of nitrogens with zero attached hydrogens (tertiary/aromatic N) is 4. The molecule has 0 bridgehead atoms. The van der Waals surface area contributed by atoms with Crippen LogP contribution in [-0.2, 0) is 15.6 Å². The van der Waals surface area contributed by atoms with Crippen LogP contribution >= 0.6 is 0 Å². The molecule has 0 N–H and O–H groups in total. The number of aliphatic imine (C=N–C) groups is 1. The van der Waals surface area contributed by atoms with E-state index in [1.807, 2.05) is 6.20 Å². The van der Waals surface area contributed by atoms with Gasteiger partial charge in [0.2, 0.25) is 5.90 Å². The van der Waals surface area contributed by atoms with Crippen molar-refractivity contribution >= 4 is 44.8 Å². The number of hydrogen-bond acceptors (Lipinski definition) is 4. The Labute approximate surface area is 376 Å². The van der Waals surface area contributed by atoms with Crippen LogP contribution in [0.4, 0.5) is 17.1 Å². The van der Waals surface area contributed by atoms with E-state index in [-0.39, 0.29) is 16.4 Å². The molecule has 7 aromatic rings. The number of rotatable bonds is 9. The van der Waals surface area contributed by atoms with Gasteiger partial charge < -0.3 is 9.64 Å². The third-order valence-electron chi connectivity index (χ3n) is 14.3. The number of fused-ring (bicyclic) bond motifs is 5. The standard InChI is InChI=1S/C58H66N4O/c1-14-16-42(17-15-2)58(13)34-63-55(60-58)41-28-40(54-38(6)24-37(5)25-39(54)7)29-44(30-41)61-50-21-19-36(4)27-47(50)57(11,12)48-32-46-45-26-35(3)18-20-49(45)62(51(46)33-52(48)61)53-31-43(22-23-59-53)56(8,9)10/h18-33,42H,14-17,34H2,1-13H3/t58-/m0/s1. The smallest absolute Gasteiger partial charge is 0.216 e. The predicted octanol–water partition coefficient (Wildman–Crippen LogP) is 15.5. The Hall–Kier alpha value is -5.68. The predicted molar refractivity (Wildman–Crippen MR) is 267 cm³/mol. The van der Waals surface area contributed by atoms with Crippen LogP contribution < -0.4 is 4.90 Å². The van der Waals surface area contributed by atoms with Crippen molar-refractivity contribution in [2.24, 2.45) is 10.9 Å². The molecule has 1 atom stereocenters. The summed E-state index contributed by atoms with van der Waals surface area (Å²) in [6.07, 6.45) is 6.56. The molecular formula is C58H66N4O. The second kappa shape index (κ2) is 15.5. The summed E-state index contributed by atoms with van der Waals surface area (Å²) >= 11 is 0. The van der Waals surface area contributed by atoms with Gasteiger partial charge in [-0.25, -0.2) is 9.98 Å². The van der Waals surface area contributed by atoms with Gasteiger partial charge in [0.05, 0.1) is 27.9 Å². The molecule has 5 heteroatoms. The third kappa shape index (κ3) is 7.26. The van der Waals surface area contributed by atoms with E-state index < -0.39 is 0 Å². The number of pyridine rings is 1. The van der Waals surface area contributed by atoms with E-state index in [4.69, 9.17) is 14.7 Å². The summed E-state index contributed by atoms with van der Waals surface area (Å²) in [7, 11) is 0. The first kappa shape index (κ1) is 42.6. The monoisotopic (exact) mass is 835 g/mol. The SMILES string of the molecule is CCCC(CCC)[C@]1(C)COC(c2cc(-c3c(C)cc(C)cc3C)cc(N3c4ccc(C)cc4C(C)(C)c4cc5c6cc(C)ccc6n(-c6cc(C(C)(C)C)ccn6)c5cc43)c2)=N1. The van der Waals surface area contributed by atoms with Gasteiger partial charge >= 0.3 is 0 Å². The molecule has 2 aromatic heterocycles. The molecule has 0 spiro atoms. The summed E-state index contributed by atoms with van der Waals surface area (Å²) < 4.78 is 9.14. The van der Waals surface area contributed by atoms with E-state index in [1.165, 1.54) is 77.8 Å². The van der Waals surface area contributed by atoms with Crippen LogP contribution in [0.15, 0.2) is 102 Å². The average molecular weight is 835 g/mol. The molecule has 0 saturated carbocycles. The van der Waals surface area contributed by atoms with Crippen molar-refractivity contribution in [2.75, 3.05) is 11.5 Å². The Morgan fingerprint density at radius 2 is 1.32 bits per heavy atom. The van der Waals surface area contributed by atoms with Crippen molar-refractivity contribution in [1.29, 1.82) is 0 Å². The first-order valence-corrected chi connectivity index (χ1v) is 23.4. The molecule has 5 aromatic carbocycles. The Morgan fingerprint density at radius 1 is 0.667 bits per heavy atom. The van der Waals surface area contributed by atoms with Gasteiger partial charge in [0.1, 0.15) is 12.4 Å².